The van der Waals surface area contributed by atoms with Gasteiger partial charge >= 0.3 is 0 Å². The van der Waals surface area contributed by atoms with E-state index in [0.29, 0.717) is 22.9 Å². The minimum Gasteiger partial charge on any atom is -0.302 e. The second kappa shape index (κ2) is 9.55. The van der Waals surface area contributed by atoms with Crippen molar-refractivity contribution in [2.75, 3.05) is 5.32 Å². The Bertz CT molecular complexity index is 1280. The minimum atomic E-state index is -0.128. The van der Waals surface area contributed by atoms with Gasteiger partial charge in [0, 0.05) is 41.0 Å². The molecular weight excluding hydrogens is 450 g/mol. The fraction of sp³-hybridized carbons (Fsp3) is 0.182. The average molecular weight is 470 g/mol. The number of halogens is 1. The van der Waals surface area contributed by atoms with Crippen LogP contribution in [-0.2, 0) is 17.8 Å². The molecule has 0 aliphatic heterocycles. The molecule has 2 aromatic carbocycles. The molecule has 6 nitrogen and oxygen atoms in total. The molecule has 0 unspecified atom stereocenters. The number of rotatable bonds is 7. The Kier molecular flexibility index (Phi) is 6.60. The van der Waals surface area contributed by atoms with Crippen molar-refractivity contribution in [1.82, 2.24) is 19.7 Å². The first kappa shape index (κ1) is 21.4. The van der Waals surface area contributed by atoms with Crippen molar-refractivity contribution in [1.29, 1.82) is 0 Å². The molecule has 158 valence electrons. The summed E-state index contributed by atoms with van der Waals surface area (Å²) in [6.07, 6.45) is 2.70. The number of carbonyl (C=O) groups is 1. The van der Waals surface area contributed by atoms with Crippen LogP contribution >= 0.6 is 35.2 Å². The number of nitrogens with one attached hydrogen (secondary N) is 2. The number of amides is 1. The number of nitrogens with zero attached hydrogens (tertiary/aromatic N) is 3. The molecule has 2 N–H and O–H groups in total. The largest absolute Gasteiger partial charge is 0.302 e. The maximum Gasteiger partial charge on any atom is 0.227 e. The predicted octanol–water partition coefficient (Wildman–Crippen LogP) is 5.65. The molecule has 0 aliphatic rings. The van der Waals surface area contributed by atoms with Crippen LogP contribution in [0.2, 0.25) is 5.02 Å². The molecule has 2 heterocycles. The van der Waals surface area contributed by atoms with E-state index in [9.17, 15) is 4.79 Å². The highest BCUT2D eigenvalue weighted by molar-refractivity contribution is 7.71. The Morgan fingerprint density at radius 1 is 1.26 bits per heavy atom. The van der Waals surface area contributed by atoms with Crippen molar-refractivity contribution in [3.05, 3.63) is 80.5 Å². The highest BCUT2D eigenvalue weighted by Crippen LogP contribution is 2.25. The number of anilines is 1. The molecule has 0 radical (unpaired) electrons. The van der Waals surface area contributed by atoms with Gasteiger partial charge in [0.2, 0.25) is 5.91 Å². The third kappa shape index (κ3) is 5.28. The minimum absolute atomic E-state index is 0.128. The van der Waals surface area contributed by atoms with Crippen LogP contribution in [0.5, 0.6) is 0 Å². The number of benzene rings is 2. The van der Waals surface area contributed by atoms with Gasteiger partial charge in [0.15, 0.2) is 15.7 Å². The van der Waals surface area contributed by atoms with E-state index in [1.165, 1.54) is 11.3 Å². The van der Waals surface area contributed by atoms with Crippen LogP contribution < -0.4 is 5.32 Å². The van der Waals surface area contributed by atoms with E-state index in [4.69, 9.17) is 23.8 Å². The number of hydrogen-bond acceptors (Lipinski definition) is 5. The molecule has 31 heavy (non-hydrogen) atoms. The van der Waals surface area contributed by atoms with E-state index in [2.05, 4.69) is 20.5 Å². The Morgan fingerprint density at radius 3 is 2.90 bits per heavy atom. The van der Waals surface area contributed by atoms with Gasteiger partial charge in [-0.2, -0.15) is 5.10 Å². The van der Waals surface area contributed by atoms with Gasteiger partial charge in [0.05, 0.1) is 0 Å². The lowest BCUT2D eigenvalue weighted by Gasteiger charge is -2.07. The van der Waals surface area contributed by atoms with Crippen LogP contribution in [-0.4, -0.2) is 25.7 Å². The van der Waals surface area contributed by atoms with Crippen molar-refractivity contribution < 1.29 is 4.79 Å². The number of thiazole rings is 1. The first-order valence-corrected chi connectivity index (χ1v) is 11.3. The van der Waals surface area contributed by atoms with Crippen LogP contribution in [0, 0.1) is 11.7 Å². The smallest absolute Gasteiger partial charge is 0.227 e. The molecule has 0 saturated carbocycles. The number of aromatic nitrogens is 4. The van der Waals surface area contributed by atoms with Crippen LogP contribution in [0.3, 0.4) is 0 Å². The van der Waals surface area contributed by atoms with Gasteiger partial charge in [0.25, 0.3) is 0 Å². The van der Waals surface area contributed by atoms with E-state index in [1.54, 1.807) is 6.20 Å². The second-order valence-corrected chi connectivity index (χ2v) is 8.98. The third-order valence-electron chi connectivity index (χ3n) is 4.72. The van der Waals surface area contributed by atoms with Crippen molar-refractivity contribution >= 4 is 46.2 Å². The highest BCUT2D eigenvalue weighted by Gasteiger charge is 2.12. The zero-order valence-electron chi connectivity index (χ0n) is 16.8. The van der Waals surface area contributed by atoms with Gasteiger partial charge in [-0.25, -0.2) is 4.98 Å². The summed E-state index contributed by atoms with van der Waals surface area (Å²) in [5.41, 5.74) is 3.12. The fourth-order valence-corrected chi connectivity index (χ4v) is 4.48. The summed E-state index contributed by atoms with van der Waals surface area (Å²) in [4.78, 5) is 17.8. The van der Waals surface area contributed by atoms with Gasteiger partial charge in [-0.05, 0) is 36.8 Å². The van der Waals surface area contributed by atoms with E-state index in [0.717, 1.165) is 32.4 Å². The zero-order chi connectivity index (χ0) is 21.8. The van der Waals surface area contributed by atoms with Crippen LogP contribution in [0.4, 0.5) is 5.13 Å². The lowest BCUT2D eigenvalue weighted by Crippen LogP contribution is -2.15. The van der Waals surface area contributed by atoms with E-state index in [-0.39, 0.29) is 12.3 Å². The van der Waals surface area contributed by atoms with Crippen LogP contribution in [0.15, 0.2) is 54.7 Å². The Morgan fingerprint density at radius 2 is 2.10 bits per heavy atom. The molecule has 1 amide bonds. The van der Waals surface area contributed by atoms with Gasteiger partial charge in [-0.3, -0.25) is 14.5 Å². The molecule has 0 atom stereocenters. The van der Waals surface area contributed by atoms with E-state index in [1.807, 2.05) is 60.0 Å². The van der Waals surface area contributed by atoms with Gasteiger partial charge < -0.3 is 5.32 Å². The molecule has 9 heteroatoms. The van der Waals surface area contributed by atoms with Crippen LogP contribution in [0.1, 0.15) is 22.4 Å². The van der Waals surface area contributed by atoms with Crippen molar-refractivity contribution in [2.45, 2.75) is 26.3 Å². The fourth-order valence-electron chi connectivity index (χ4n) is 3.20. The summed E-state index contributed by atoms with van der Waals surface area (Å²) in [6, 6.07) is 15.7. The molecule has 0 bridgehead atoms. The third-order valence-corrected chi connectivity index (χ3v) is 6.31. The molecule has 2 aromatic heterocycles. The van der Waals surface area contributed by atoms with Crippen LogP contribution in [0.25, 0.3) is 11.4 Å². The number of H-pyrrole nitrogens is 1. The normalized spacial score (nSPS) is 10.9. The van der Waals surface area contributed by atoms with E-state index >= 15 is 0 Å². The standard InChI is InChI=1S/C22H20ClN5OS2/c1-14-5-4-7-16(11-14)20-26-27-22(30)28(20)10-9-19(29)25-21-24-13-17(31-21)12-15-6-2-3-8-18(15)23/h2-8,11,13H,9-10,12H2,1H3,(H,27,30)(H,24,25,29). The second-order valence-electron chi connectivity index (χ2n) is 7.07. The first-order valence-electron chi connectivity index (χ1n) is 9.70. The van der Waals surface area contributed by atoms with Gasteiger partial charge in [0.1, 0.15) is 0 Å². The zero-order valence-corrected chi connectivity index (χ0v) is 19.2. The first-order chi connectivity index (χ1) is 15.0. The maximum atomic E-state index is 12.5. The summed E-state index contributed by atoms with van der Waals surface area (Å²) in [7, 11) is 0. The average Bonchev–Trinajstić information content (AvgIpc) is 3.34. The lowest BCUT2D eigenvalue weighted by molar-refractivity contribution is -0.116. The number of carbonyl (C=O) groups excluding carboxylic acids is 1. The quantitative estimate of drug-likeness (QED) is 0.343. The molecule has 0 fully saturated rings. The highest BCUT2D eigenvalue weighted by atomic mass is 35.5. The van der Waals surface area contributed by atoms with E-state index < -0.39 is 0 Å². The Hall–Kier alpha value is -2.81. The molecule has 0 spiro atoms. The van der Waals surface area contributed by atoms with Crippen molar-refractivity contribution in [2.24, 2.45) is 0 Å². The lowest BCUT2D eigenvalue weighted by atomic mass is 10.1. The van der Waals surface area contributed by atoms with Gasteiger partial charge in [-0.1, -0.05) is 53.6 Å². The SMILES string of the molecule is Cc1cccc(-c2n[nH]c(=S)n2CCC(=O)Nc2ncc(Cc3ccccc3Cl)s2)c1. The molecule has 4 aromatic rings. The molecule has 0 aliphatic carbocycles. The van der Waals surface area contributed by atoms with Crippen molar-refractivity contribution in [3.8, 4) is 11.4 Å². The molecule has 0 saturated heterocycles. The topological polar surface area (TPSA) is 75.6 Å². The monoisotopic (exact) mass is 469 g/mol. The summed E-state index contributed by atoms with van der Waals surface area (Å²) in [5.74, 6) is 0.592. The predicted molar refractivity (Wildman–Crippen MR) is 127 cm³/mol. The number of aryl methyl sites for hydroxylation is 1. The molecular formula is C22H20ClN5OS2. The summed E-state index contributed by atoms with van der Waals surface area (Å²) in [5, 5.41) is 11.3. The van der Waals surface area contributed by atoms with Gasteiger partial charge in [-0.15, -0.1) is 11.3 Å². The summed E-state index contributed by atoms with van der Waals surface area (Å²) >= 11 is 13.0. The molecule has 4 rings (SSSR count). The number of hydrogen-bond donors (Lipinski definition) is 2. The Labute approximate surface area is 193 Å². The summed E-state index contributed by atoms with van der Waals surface area (Å²) in [6.45, 7) is 2.44. The Balaban J connectivity index is 1.39. The number of aromatic amines is 1. The summed E-state index contributed by atoms with van der Waals surface area (Å²) < 4.78 is 2.33. The maximum absolute atomic E-state index is 12.5. The van der Waals surface area contributed by atoms with Crippen molar-refractivity contribution in [3.63, 3.8) is 0 Å².